The van der Waals surface area contributed by atoms with Crippen LogP contribution in [0.2, 0.25) is 0 Å². The number of carbonyl (C=O) groups excluding carboxylic acids is 2. The molecule has 0 bridgehead atoms. The van der Waals surface area contributed by atoms with E-state index in [0.29, 0.717) is 25.4 Å². The lowest BCUT2D eigenvalue weighted by molar-refractivity contribution is -0.117. The minimum absolute atomic E-state index is 0.0351. The van der Waals surface area contributed by atoms with E-state index < -0.39 is 5.82 Å². The van der Waals surface area contributed by atoms with Crippen LogP contribution in [0.3, 0.4) is 0 Å². The fourth-order valence-electron chi connectivity index (χ4n) is 2.86. The molecule has 0 spiro atoms. The Balaban J connectivity index is 1.58. The van der Waals surface area contributed by atoms with Crippen LogP contribution in [0.1, 0.15) is 12.0 Å². The summed E-state index contributed by atoms with van der Waals surface area (Å²) in [4.78, 5) is 24.3. The second-order valence-corrected chi connectivity index (χ2v) is 6.38. The molecule has 3 rings (SSSR count). The second kappa shape index (κ2) is 9.25. The van der Waals surface area contributed by atoms with Gasteiger partial charge in [0.1, 0.15) is 5.82 Å². The van der Waals surface area contributed by atoms with Gasteiger partial charge < -0.3 is 20.7 Å². The summed E-state index contributed by atoms with van der Waals surface area (Å²) in [6.07, 6.45) is 0.400. The van der Waals surface area contributed by atoms with Gasteiger partial charge in [0, 0.05) is 24.7 Å². The van der Waals surface area contributed by atoms with Crippen LogP contribution in [0.5, 0.6) is 0 Å². The predicted molar refractivity (Wildman–Crippen MR) is 101 cm³/mol. The van der Waals surface area contributed by atoms with Crippen LogP contribution in [-0.4, -0.2) is 37.6 Å². The highest BCUT2D eigenvalue weighted by Crippen LogP contribution is 2.20. The molecule has 27 heavy (non-hydrogen) atoms. The van der Waals surface area contributed by atoms with E-state index in [4.69, 9.17) is 4.74 Å². The minimum Gasteiger partial charge on any atom is -0.378 e. The van der Waals surface area contributed by atoms with Crippen LogP contribution in [0.25, 0.3) is 0 Å². The Bertz CT molecular complexity index is 792. The number of carbonyl (C=O) groups is 2. The van der Waals surface area contributed by atoms with Crippen molar-refractivity contribution in [3.8, 4) is 0 Å². The topological polar surface area (TPSA) is 79.5 Å². The van der Waals surface area contributed by atoms with E-state index in [1.807, 2.05) is 30.3 Å². The van der Waals surface area contributed by atoms with Gasteiger partial charge in [-0.15, -0.1) is 0 Å². The molecule has 6 nitrogen and oxygen atoms in total. The van der Waals surface area contributed by atoms with E-state index in [-0.39, 0.29) is 36.4 Å². The minimum atomic E-state index is -0.559. The number of anilines is 2. The summed E-state index contributed by atoms with van der Waals surface area (Å²) in [7, 11) is 0. The molecule has 1 aliphatic heterocycles. The highest BCUT2D eigenvalue weighted by atomic mass is 19.1. The molecule has 1 saturated heterocycles. The van der Waals surface area contributed by atoms with Crippen molar-refractivity contribution in [3.63, 3.8) is 0 Å². The number of halogens is 1. The molecule has 2 aromatic rings. The van der Waals surface area contributed by atoms with E-state index >= 15 is 0 Å². The lowest BCUT2D eigenvalue weighted by Crippen LogP contribution is -2.43. The lowest BCUT2D eigenvalue weighted by atomic mass is 10.1. The normalized spacial score (nSPS) is 16.6. The third kappa shape index (κ3) is 5.87. The third-order valence-electron chi connectivity index (χ3n) is 4.16. The van der Waals surface area contributed by atoms with Crippen LogP contribution < -0.4 is 16.0 Å². The molecule has 2 aromatic carbocycles. The van der Waals surface area contributed by atoms with Gasteiger partial charge in [-0.05, 0) is 23.8 Å². The first-order valence-corrected chi connectivity index (χ1v) is 8.84. The first kappa shape index (κ1) is 19.0. The summed E-state index contributed by atoms with van der Waals surface area (Å²) in [5.41, 5.74) is 1.29. The fourth-order valence-corrected chi connectivity index (χ4v) is 2.86. The summed E-state index contributed by atoms with van der Waals surface area (Å²) in [5, 5.41) is 8.49. The Kier molecular flexibility index (Phi) is 6.51. The Morgan fingerprint density at radius 2 is 1.93 bits per heavy atom. The average molecular weight is 371 g/mol. The smallest absolute Gasteiger partial charge is 0.228 e. The van der Waals surface area contributed by atoms with Crippen molar-refractivity contribution in [1.29, 1.82) is 0 Å². The highest BCUT2D eigenvalue weighted by Gasteiger charge is 2.17. The van der Waals surface area contributed by atoms with Gasteiger partial charge in [-0.1, -0.05) is 30.3 Å². The van der Waals surface area contributed by atoms with Gasteiger partial charge >= 0.3 is 0 Å². The maximum Gasteiger partial charge on any atom is 0.228 e. The van der Waals surface area contributed by atoms with E-state index in [1.54, 1.807) is 0 Å². The van der Waals surface area contributed by atoms with Gasteiger partial charge in [0.05, 0.1) is 25.3 Å². The molecule has 142 valence electrons. The van der Waals surface area contributed by atoms with Crippen LogP contribution in [0.4, 0.5) is 15.8 Å². The van der Waals surface area contributed by atoms with Crippen LogP contribution in [-0.2, 0) is 20.7 Å². The standard InChI is InChI=1S/C20H22FN3O3/c21-17-7-6-15(23-20(26)12-16-13-27-9-8-22-16)11-18(17)24-19(25)10-14-4-2-1-3-5-14/h1-7,11,16,22H,8-10,12-13H2,(H,23,26)(H,24,25). The lowest BCUT2D eigenvalue weighted by Gasteiger charge is -2.23. The van der Waals surface area contributed by atoms with Crippen molar-refractivity contribution in [2.45, 2.75) is 18.9 Å². The zero-order valence-corrected chi connectivity index (χ0v) is 14.8. The van der Waals surface area contributed by atoms with Crippen molar-refractivity contribution in [2.24, 2.45) is 0 Å². The SMILES string of the molecule is O=C(CC1COCCN1)Nc1ccc(F)c(NC(=O)Cc2ccccc2)c1. The van der Waals surface area contributed by atoms with Gasteiger partial charge in [-0.3, -0.25) is 9.59 Å². The van der Waals surface area contributed by atoms with Crippen LogP contribution in [0.15, 0.2) is 48.5 Å². The molecule has 1 fully saturated rings. The molecule has 1 unspecified atom stereocenters. The van der Waals surface area contributed by atoms with E-state index in [0.717, 1.165) is 5.56 Å². The van der Waals surface area contributed by atoms with Gasteiger partial charge in [-0.2, -0.15) is 0 Å². The van der Waals surface area contributed by atoms with E-state index in [2.05, 4.69) is 16.0 Å². The van der Waals surface area contributed by atoms with Crippen molar-refractivity contribution < 1.29 is 18.7 Å². The molecule has 1 heterocycles. The Hall–Kier alpha value is -2.77. The van der Waals surface area contributed by atoms with Crippen molar-refractivity contribution in [3.05, 3.63) is 59.9 Å². The monoisotopic (exact) mass is 371 g/mol. The molecule has 1 aliphatic rings. The summed E-state index contributed by atoms with van der Waals surface area (Å²) < 4.78 is 19.3. The Morgan fingerprint density at radius 3 is 2.67 bits per heavy atom. The first-order chi connectivity index (χ1) is 13.1. The molecule has 0 aliphatic carbocycles. The largest absolute Gasteiger partial charge is 0.378 e. The Labute approximate surface area is 157 Å². The van der Waals surface area contributed by atoms with Crippen molar-refractivity contribution >= 4 is 23.2 Å². The summed E-state index contributed by atoms with van der Waals surface area (Å²) in [5.74, 6) is -1.09. The molecule has 2 amide bonds. The quantitative estimate of drug-likeness (QED) is 0.728. The average Bonchev–Trinajstić information content (AvgIpc) is 2.66. The molecule has 0 saturated carbocycles. The third-order valence-corrected chi connectivity index (χ3v) is 4.16. The molecular weight excluding hydrogens is 349 g/mol. The summed E-state index contributed by atoms with van der Waals surface area (Å²) in [6.45, 7) is 1.84. The summed E-state index contributed by atoms with van der Waals surface area (Å²) >= 11 is 0. The number of hydrogen-bond donors (Lipinski definition) is 3. The first-order valence-electron chi connectivity index (χ1n) is 8.84. The number of hydrogen-bond acceptors (Lipinski definition) is 4. The fraction of sp³-hybridized carbons (Fsp3) is 0.300. The zero-order chi connectivity index (χ0) is 19.1. The molecule has 1 atom stereocenters. The van der Waals surface area contributed by atoms with Crippen LogP contribution in [0, 0.1) is 5.82 Å². The highest BCUT2D eigenvalue weighted by molar-refractivity contribution is 5.95. The Morgan fingerprint density at radius 1 is 1.11 bits per heavy atom. The number of benzene rings is 2. The zero-order valence-electron chi connectivity index (χ0n) is 14.8. The van der Waals surface area contributed by atoms with Gasteiger partial charge in [0.25, 0.3) is 0 Å². The summed E-state index contributed by atoms with van der Waals surface area (Å²) in [6, 6.07) is 13.3. The number of nitrogens with one attached hydrogen (secondary N) is 3. The number of ether oxygens (including phenoxy) is 1. The van der Waals surface area contributed by atoms with Crippen molar-refractivity contribution in [1.82, 2.24) is 5.32 Å². The molecule has 0 radical (unpaired) electrons. The number of amides is 2. The maximum absolute atomic E-state index is 14.0. The predicted octanol–water partition coefficient (Wildman–Crippen LogP) is 2.32. The molecular formula is C20H22FN3O3. The van der Waals surface area contributed by atoms with Gasteiger partial charge in [0.15, 0.2) is 0 Å². The van der Waals surface area contributed by atoms with E-state index in [9.17, 15) is 14.0 Å². The van der Waals surface area contributed by atoms with E-state index in [1.165, 1.54) is 18.2 Å². The number of rotatable bonds is 6. The van der Waals surface area contributed by atoms with Gasteiger partial charge in [-0.25, -0.2) is 4.39 Å². The molecule has 7 heteroatoms. The van der Waals surface area contributed by atoms with Crippen LogP contribution >= 0.6 is 0 Å². The molecule has 3 N–H and O–H groups in total. The second-order valence-electron chi connectivity index (χ2n) is 6.38. The maximum atomic E-state index is 14.0. The number of morpholine rings is 1. The van der Waals surface area contributed by atoms with Crippen molar-refractivity contribution in [2.75, 3.05) is 30.4 Å². The molecule has 0 aromatic heterocycles. The van der Waals surface area contributed by atoms with Gasteiger partial charge in [0.2, 0.25) is 11.8 Å².